The lowest BCUT2D eigenvalue weighted by Crippen LogP contribution is -2.05. The molecule has 0 saturated heterocycles. The zero-order chi connectivity index (χ0) is 20.1. The van der Waals surface area contributed by atoms with Gasteiger partial charge in [0.2, 0.25) is 5.91 Å². The Bertz CT molecular complexity index is 967. The second kappa shape index (κ2) is 8.52. The number of hydrogen-bond acceptors (Lipinski definition) is 5. The number of aryl methyl sites for hydroxylation is 1. The van der Waals surface area contributed by atoms with Gasteiger partial charge < -0.3 is 16.0 Å². The first kappa shape index (κ1) is 19.4. The molecular weight excluding hydrogens is 350 g/mol. The van der Waals surface area contributed by atoms with Gasteiger partial charge in [-0.25, -0.2) is 9.97 Å². The topological polar surface area (TPSA) is 78.9 Å². The molecule has 1 heterocycles. The highest BCUT2D eigenvalue weighted by molar-refractivity contribution is 5.88. The molecule has 144 valence electrons. The number of nitrogens with zero attached hydrogens (tertiary/aromatic N) is 2. The number of hydrogen-bond donors (Lipinski definition) is 3. The molecule has 0 aliphatic heterocycles. The number of carbonyl (C=O) groups excluding carboxylic acids is 1. The summed E-state index contributed by atoms with van der Waals surface area (Å²) < 4.78 is 0. The smallest absolute Gasteiger partial charge is 0.221 e. The largest absolute Gasteiger partial charge is 0.340 e. The maximum atomic E-state index is 11.1. The lowest BCUT2D eigenvalue weighted by atomic mass is 9.98. The summed E-state index contributed by atoms with van der Waals surface area (Å²) in [5.41, 5.74) is 5.14. The van der Waals surface area contributed by atoms with Gasteiger partial charge in [0.15, 0.2) is 0 Å². The fourth-order valence-electron chi connectivity index (χ4n) is 2.95. The van der Waals surface area contributed by atoms with Crippen LogP contribution >= 0.6 is 0 Å². The van der Waals surface area contributed by atoms with E-state index in [-0.39, 0.29) is 5.91 Å². The summed E-state index contributed by atoms with van der Waals surface area (Å²) in [5, 5.41) is 9.45. The Morgan fingerprint density at radius 1 is 0.929 bits per heavy atom. The van der Waals surface area contributed by atoms with Crippen molar-refractivity contribution in [2.75, 3.05) is 16.0 Å². The fraction of sp³-hybridized carbons (Fsp3) is 0.227. The van der Waals surface area contributed by atoms with Crippen LogP contribution in [-0.2, 0) is 4.79 Å². The van der Waals surface area contributed by atoms with E-state index in [1.165, 1.54) is 24.4 Å². The van der Waals surface area contributed by atoms with Crippen molar-refractivity contribution in [2.24, 2.45) is 0 Å². The molecule has 0 saturated carbocycles. The van der Waals surface area contributed by atoms with Crippen molar-refractivity contribution in [3.63, 3.8) is 0 Å². The zero-order valence-corrected chi connectivity index (χ0v) is 16.6. The van der Waals surface area contributed by atoms with E-state index < -0.39 is 0 Å². The standard InChI is InChI=1S/C22H25N5O/c1-14(2)19-7-5-6-15(3)22(19)27-21-12-20(23-13-24-21)26-18-10-8-17(9-11-18)25-16(4)28/h5-14H,1-4H3,(H,25,28)(H2,23,24,26,27). The third kappa shape index (κ3) is 4.85. The van der Waals surface area contributed by atoms with Gasteiger partial charge in [0.05, 0.1) is 0 Å². The van der Waals surface area contributed by atoms with Crippen LogP contribution in [0.4, 0.5) is 28.7 Å². The quantitative estimate of drug-likeness (QED) is 0.541. The second-order valence-electron chi connectivity index (χ2n) is 6.99. The number of aromatic nitrogens is 2. The van der Waals surface area contributed by atoms with Crippen molar-refractivity contribution in [2.45, 2.75) is 33.6 Å². The molecule has 0 aliphatic carbocycles. The molecule has 1 aromatic heterocycles. The molecule has 0 aliphatic rings. The minimum atomic E-state index is -0.0933. The average Bonchev–Trinajstić information content (AvgIpc) is 2.65. The Morgan fingerprint density at radius 3 is 2.21 bits per heavy atom. The SMILES string of the molecule is CC(=O)Nc1ccc(Nc2cc(Nc3c(C)cccc3C(C)C)ncn2)cc1. The minimum absolute atomic E-state index is 0.0933. The van der Waals surface area contributed by atoms with E-state index in [1.54, 1.807) is 0 Å². The van der Waals surface area contributed by atoms with Crippen molar-refractivity contribution >= 4 is 34.6 Å². The molecule has 6 nitrogen and oxygen atoms in total. The predicted molar refractivity (Wildman–Crippen MR) is 115 cm³/mol. The summed E-state index contributed by atoms with van der Waals surface area (Å²) in [6.07, 6.45) is 1.53. The highest BCUT2D eigenvalue weighted by Gasteiger charge is 2.10. The van der Waals surface area contributed by atoms with Gasteiger partial charge in [0.1, 0.15) is 18.0 Å². The van der Waals surface area contributed by atoms with E-state index in [0.29, 0.717) is 11.7 Å². The maximum Gasteiger partial charge on any atom is 0.221 e. The maximum absolute atomic E-state index is 11.1. The molecule has 0 radical (unpaired) electrons. The van der Waals surface area contributed by atoms with Crippen molar-refractivity contribution in [3.8, 4) is 0 Å². The van der Waals surface area contributed by atoms with Crippen molar-refractivity contribution < 1.29 is 4.79 Å². The van der Waals surface area contributed by atoms with Crippen molar-refractivity contribution in [1.29, 1.82) is 0 Å². The minimum Gasteiger partial charge on any atom is -0.340 e. The Kier molecular flexibility index (Phi) is 5.89. The number of anilines is 5. The molecule has 3 N–H and O–H groups in total. The van der Waals surface area contributed by atoms with Crippen LogP contribution in [0.25, 0.3) is 0 Å². The van der Waals surface area contributed by atoms with Gasteiger partial charge in [0.25, 0.3) is 0 Å². The molecule has 0 unspecified atom stereocenters. The van der Waals surface area contributed by atoms with E-state index in [2.05, 4.69) is 64.9 Å². The summed E-state index contributed by atoms with van der Waals surface area (Å²) in [5.74, 6) is 1.72. The molecule has 28 heavy (non-hydrogen) atoms. The van der Waals surface area contributed by atoms with Gasteiger partial charge in [-0.3, -0.25) is 4.79 Å². The van der Waals surface area contributed by atoms with Gasteiger partial charge in [-0.15, -0.1) is 0 Å². The van der Waals surface area contributed by atoms with E-state index in [4.69, 9.17) is 0 Å². The molecule has 3 rings (SSSR count). The van der Waals surface area contributed by atoms with Gasteiger partial charge >= 0.3 is 0 Å². The molecule has 2 aromatic carbocycles. The van der Waals surface area contributed by atoms with Gasteiger partial charge in [0, 0.05) is 30.1 Å². The third-order valence-electron chi connectivity index (χ3n) is 4.32. The lowest BCUT2D eigenvalue weighted by molar-refractivity contribution is -0.114. The molecule has 1 amide bonds. The van der Waals surface area contributed by atoms with Crippen LogP contribution < -0.4 is 16.0 Å². The highest BCUT2D eigenvalue weighted by Crippen LogP contribution is 2.30. The number of para-hydroxylation sites is 1. The predicted octanol–water partition coefficient (Wildman–Crippen LogP) is 5.35. The second-order valence-corrected chi connectivity index (χ2v) is 6.99. The number of nitrogens with one attached hydrogen (secondary N) is 3. The summed E-state index contributed by atoms with van der Waals surface area (Å²) in [7, 11) is 0. The lowest BCUT2D eigenvalue weighted by Gasteiger charge is -2.17. The molecule has 0 fully saturated rings. The van der Waals surface area contributed by atoms with Gasteiger partial charge in [-0.05, 0) is 48.2 Å². The Balaban J connectivity index is 1.77. The molecule has 0 atom stereocenters. The Hall–Kier alpha value is -3.41. The number of benzene rings is 2. The average molecular weight is 375 g/mol. The van der Waals surface area contributed by atoms with E-state index >= 15 is 0 Å². The van der Waals surface area contributed by atoms with Crippen molar-refractivity contribution in [1.82, 2.24) is 9.97 Å². The molecular formula is C22H25N5O. The number of carbonyl (C=O) groups is 1. The molecule has 0 bridgehead atoms. The van der Waals surface area contributed by atoms with Crippen molar-refractivity contribution in [3.05, 3.63) is 66.0 Å². The Labute approximate surface area is 165 Å². The van der Waals surface area contributed by atoms with Crippen LogP contribution in [-0.4, -0.2) is 15.9 Å². The molecule has 0 spiro atoms. The molecule has 3 aromatic rings. The zero-order valence-electron chi connectivity index (χ0n) is 16.6. The van der Waals surface area contributed by atoms with Crippen LogP contribution in [0.3, 0.4) is 0 Å². The van der Waals surface area contributed by atoms with Crippen LogP contribution in [0.15, 0.2) is 54.9 Å². The summed E-state index contributed by atoms with van der Waals surface area (Å²) >= 11 is 0. The fourth-order valence-corrected chi connectivity index (χ4v) is 2.95. The Morgan fingerprint density at radius 2 is 1.57 bits per heavy atom. The number of rotatable bonds is 6. The molecule has 6 heteroatoms. The number of amides is 1. The normalized spacial score (nSPS) is 10.6. The first-order valence-corrected chi connectivity index (χ1v) is 9.25. The monoisotopic (exact) mass is 375 g/mol. The highest BCUT2D eigenvalue weighted by atomic mass is 16.1. The van der Waals surface area contributed by atoms with E-state index in [1.807, 2.05) is 30.3 Å². The van der Waals surface area contributed by atoms with Crippen LogP contribution in [0, 0.1) is 6.92 Å². The van der Waals surface area contributed by atoms with E-state index in [9.17, 15) is 4.79 Å². The summed E-state index contributed by atoms with van der Waals surface area (Å²) in [6, 6.07) is 15.6. The first-order valence-electron chi connectivity index (χ1n) is 9.25. The van der Waals surface area contributed by atoms with Gasteiger partial charge in [-0.2, -0.15) is 0 Å². The van der Waals surface area contributed by atoms with Crippen LogP contribution in [0.2, 0.25) is 0 Å². The third-order valence-corrected chi connectivity index (χ3v) is 4.32. The summed E-state index contributed by atoms with van der Waals surface area (Å²) in [6.45, 7) is 7.93. The van der Waals surface area contributed by atoms with E-state index in [0.717, 1.165) is 22.9 Å². The van der Waals surface area contributed by atoms with Gasteiger partial charge in [-0.1, -0.05) is 32.0 Å². The summed E-state index contributed by atoms with van der Waals surface area (Å²) in [4.78, 5) is 19.8. The first-order chi connectivity index (χ1) is 13.4. The van der Waals surface area contributed by atoms with Crippen LogP contribution in [0.1, 0.15) is 37.8 Å². The van der Waals surface area contributed by atoms with Crippen LogP contribution in [0.5, 0.6) is 0 Å².